The van der Waals surface area contributed by atoms with E-state index in [-0.39, 0.29) is 0 Å². The largest absolute Gasteiger partial charge is 0.366 e. The van der Waals surface area contributed by atoms with Crippen LogP contribution in [-0.4, -0.2) is 22.6 Å². The van der Waals surface area contributed by atoms with Gasteiger partial charge in [0.15, 0.2) is 0 Å². The molecule has 2 rings (SSSR count). The molecule has 0 aliphatic heterocycles. The molecule has 1 aromatic carbocycles. The van der Waals surface area contributed by atoms with Gasteiger partial charge in [0.2, 0.25) is 5.95 Å². The minimum absolute atomic E-state index is 0.301. The Balaban J connectivity index is 2.51. The molecule has 4 nitrogen and oxygen atoms in total. The van der Waals surface area contributed by atoms with E-state index in [4.69, 9.17) is 0 Å². The number of hydrogen-bond donors (Lipinski definition) is 2. The summed E-state index contributed by atoms with van der Waals surface area (Å²) in [5.41, 5.74) is 2.14. The van der Waals surface area contributed by atoms with Crippen LogP contribution >= 0.6 is 0 Å². The van der Waals surface area contributed by atoms with E-state index in [9.17, 15) is 0 Å². The number of rotatable bonds is 5. The fourth-order valence-electron chi connectivity index (χ4n) is 1.87. The Hall–Kier alpha value is -2.10. The van der Waals surface area contributed by atoms with Crippen molar-refractivity contribution < 1.29 is 0 Å². The molecule has 0 bridgehead atoms. The lowest BCUT2D eigenvalue weighted by atomic mass is 10.1. The van der Waals surface area contributed by atoms with Crippen molar-refractivity contribution in [1.82, 2.24) is 9.97 Å². The summed E-state index contributed by atoms with van der Waals surface area (Å²) in [6.07, 6.45) is 1.82. The fourth-order valence-corrected chi connectivity index (χ4v) is 1.87. The smallest absolute Gasteiger partial charge is 0.225 e. The van der Waals surface area contributed by atoms with Gasteiger partial charge < -0.3 is 10.6 Å². The molecule has 1 heterocycles. The van der Waals surface area contributed by atoms with Gasteiger partial charge >= 0.3 is 0 Å². The minimum atomic E-state index is 0.301. The summed E-state index contributed by atoms with van der Waals surface area (Å²) in [6, 6.07) is 6.48. The average Bonchev–Trinajstić information content (AvgIpc) is 2.35. The monoisotopic (exact) mass is 256 g/mol. The van der Waals surface area contributed by atoms with Crippen LogP contribution < -0.4 is 10.6 Å². The van der Waals surface area contributed by atoms with Gasteiger partial charge in [0.25, 0.3) is 0 Å². The Morgan fingerprint density at radius 1 is 1.32 bits per heavy atom. The van der Waals surface area contributed by atoms with Crippen molar-refractivity contribution in [3.05, 3.63) is 36.4 Å². The summed E-state index contributed by atoms with van der Waals surface area (Å²) in [7, 11) is 0. The Labute approximate surface area is 114 Å². The van der Waals surface area contributed by atoms with Gasteiger partial charge in [-0.1, -0.05) is 17.7 Å². The highest BCUT2D eigenvalue weighted by atomic mass is 15.1. The maximum Gasteiger partial charge on any atom is 0.225 e. The standard InChI is InChI=1S/C15H20N4/c1-5-8-16-14-12-9-11(4)6-7-13(12)18-15(19-14)17-10(2)3/h5-7,9-10H,1,8H2,2-4H3,(H2,16,17,18,19). The second kappa shape index (κ2) is 5.69. The molecule has 19 heavy (non-hydrogen) atoms. The second-order valence-electron chi connectivity index (χ2n) is 4.89. The number of nitrogens with one attached hydrogen (secondary N) is 2. The lowest BCUT2D eigenvalue weighted by Crippen LogP contribution is -2.14. The van der Waals surface area contributed by atoms with Crippen LogP contribution in [0.3, 0.4) is 0 Å². The second-order valence-corrected chi connectivity index (χ2v) is 4.89. The van der Waals surface area contributed by atoms with E-state index in [1.54, 1.807) is 0 Å². The lowest BCUT2D eigenvalue weighted by Gasteiger charge is -2.13. The molecule has 0 spiro atoms. The summed E-state index contributed by atoms with van der Waals surface area (Å²) < 4.78 is 0. The average molecular weight is 256 g/mol. The van der Waals surface area contributed by atoms with Crippen molar-refractivity contribution in [2.75, 3.05) is 17.2 Å². The zero-order chi connectivity index (χ0) is 13.8. The maximum absolute atomic E-state index is 4.54. The van der Waals surface area contributed by atoms with Gasteiger partial charge in [-0.2, -0.15) is 4.98 Å². The number of fused-ring (bicyclic) bond motifs is 1. The number of benzene rings is 1. The number of aryl methyl sites for hydroxylation is 1. The van der Waals surface area contributed by atoms with E-state index in [0.717, 1.165) is 16.7 Å². The molecule has 100 valence electrons. The first-order valence-electron chi connectivity index (χ1n) is 6.50. The summed E-state index contributed by atoms with van der Waals surface area (Å²) in [5, 5.41) is 7.55. The van der Waals surface area contributed by atoms with Gasteiger partial charge in [-0.25, -0.2) is 4.98 Å². The Morgan fingerprint density at radius 3 is 2.79 bits per heavy atom. The third kappa shape index (κ3) is 3.22. The third-order valence-corrected chi connectivity index (χ3v) is 2.68. The van der Waals surface area contributed by atoms with E-state index < -0.39 is 0 Å². The molecule has 0 aliphatic rings. The van der Waals surface area contributed by atoms with Crippen molar-refractivity contribution in [1.29, 1.82) is 0 Å². The maximum atomic E-state index is 4.54. The predicted molar refractivity (Wildman–Crippen MR) is 81.7 cm³/mol. The van der Waals surface area contributed by atoms with E-state index >= 15 is 0 Å². The third-order valence-electron chi connectivity index (χ3n) is 2.68. The molecule has 0 saturated carbocycles. The summed E-state index contributed by atoms with van der Waals surface area (Å²) in [4.78, 5) is 9.08. The topological polar surface area (TPSA) is 49.8 Å². The normalized spacial score (nSPS) is 10.7. The van der Waals surface area contributed by atoms with E-state index in [1.165, 1.54) is 5.56 Å². The minimum Gasteiger partial charge on any atom is -0.366 e. The molecule has 0 amide bonds. The number of hydrogen-bond acceptors (Lipinski definition) is 4. The summed E-state index contributed by atoms with van der Waals surface area (Å²) in [6.45, 7) is 10.6. The molecular weight excluding hydrogens is 236 g/mol. The zero-order valence-electron chi connectivity index (χ0n) is 11.7. The molecule has 4 heteroatoms. The van der Waals surface area contributed by atoms with Gasteiger partial charge in [0.1, 0.15) is 5.82 Å². The molecule has 1 aromatic heterocycles. The Kier molecular flexibility index (Phi) is 4.00. The quantitative estimate of drug-likeness (QED) is 0.805. The van der Waals surface area contributed by atoms with Gasteiger partial charge in [0, 0.05) is 18.0 Å². The van der Waals surface area contributed by atoms with E-state index in [1.807, 2.05) is 12.1 Å². The van der Waals surface area contributed by atoms with Crippen molar-refractivity contribution in [2.45, 2.75) is 26.8 Å². The van der Waals surface area contributed by atoms with Crippen molar-refractivity contribution in [2.24, 2.45) is 0 Å². The number of anilines is 2. The van der Waals surface area contributed by atoms with Gasteiger partial charge in [-0.05, 0) is 32.9 Å². The fraction of sp³-hybridized carbons (Fsp3) is 0.333. The Morgan fingerprint density at radius 2 is 2.11 bits per heavy atom. The first-order valence-corrected chi connectivity index (χ1v) is 6.50. The predicted octanol–water partition coefficient (Wildman–Crippen LogP) is 3.36. The molecule has 0 radical (unpaired) electrons. The molecule has 0 saturated heterocycles. The molecule has 2 N–H and O–H groups in total. The van der Waals surface area contributed by atoms with Crippen LogP contribution in [0.1, 0.15) is 19.4 Å². The zero-order valence-corrected chi connectivity index (χ0v) is 11.7. The van der Waals surface area contributed by atoms with Crippen molar-refractivity contribution >= 4 is 22.7 Å². The van der Waals surface area contributed by atoms with Crippen LogP contribution in [0.15, 0.2) is 30.9 Å². The highest BCUT2D eigenvalue weighted by Gasteiger charge is 2.08. The first kappa shape index (κ1) is 13.3. The summed E-state index contributed by atoms with van der Waals surface area (Å²) in [5.74, 6) is 1.50. The van der Waals surface area contributed by atoms with Gasteiger partial charge in [-0.3, -0.25) is 0 Å². The number of aromatic nitrogens is 2. The molecule has 2 aromatic rings. The molecule has 0 aliphatic carbocycles. The highest BCUT2D eigenvalue weighted by molar-refractivity contribution is 5.90. The molecule has 0 atom stereocenters. The van der Waals surface area contributed by atoms with Crippen LogP contribution in [-0.2, 0) is 0 Å². The van der Waals surface area contributed by atoms with Gasteiger partial charge in [-0.15, -0.1) is 6.58 Å². The molecular formula is C15H20N4. The van der Waals surface area contributed by atoms with Crippen LogP contribution in [0, 0.1) is 6.92 Å². The van der Waals surface area contributed by atoms with Gasteiger partial charge in [0.05, 0.1) is 5.52 Å². The summed E-state index contributed by atoms with van der Waals surface area (Å²) >= 11 is 0. The van der Waals surface area contributed by atoms with Crippen LogP contribution in [0.4, 0.5) is 11.8 Å². The number of nitrogens with zero attached hydrogens (tertiary/aromatic N) is 2. The Bertz CT molecular complexity index is 590. The van der Waals surface area contributed by atoms with Crippen LogP contribution in [0.25, 0.3) is 10.9 Å². The lowest BCUT2D eigenvalue weighted by molar-refractivity contribution is 0.878. The van der Waals surface area contributed by atoms with E-state index in [0.29, 0.717) is 18.5 Å². The first-order chi connectivity index (χ1) is 9.10. The molecule has 0 fully saturated rings. The van der Waals surface area contributed by atoms with Crippen LogP contribution in [0.2, 0.25) is 0 Å². The van der Waals surface area contributed by atoms with Crippen LogP contribution in [0.5, 0.6) is 0 Å². The highest BCUT2D eigenvalue weighted by Crippen LogP contribution is 2.23. The van der Waals surface area contributed by atoms with E-state index in [2.05, 4.69) is 60.1 Å². The van der Waals surface area contributed by atoms with Crippen molar-refractivity contribution in [3.8, 4) is 0 Å². The van der Waals surface area contributed by atoms with Crippen molar-refractivity contribution in [3.63, 3.8) is 0 Å². The molecule has 0 unspecified atom stereocenters. The SMILES string of the molecule is C=CCNc1nc(NC(C)C)nc2ccc(C)cc12.